The number of likely N-dealkylation sites (N-methyl/N-ethyl adjacent to an activating group) is 2. The number of rotatable bonds is 2. The Bertz CT molecular complexity index is 555. The Balaban J connectivity index is 0.000000235. The zero-order valence-corrected chi connectivity index (χ0v) is 14.6. The smallest absolute Gasteiger partial charge is 0.343 e. The Labute approximate surface area is 137 Å². The molecule has 122 valence electrons. The Morgan fingerprint density at radius 3 is 2.27 bits per heavy atom. The molecule has 0 saturated carbocycles. The van der Waals surface area contributed by atoms with Crippen LogP contribution >= 0.6 is 15.9 Å². The molecule has 2 rings (SSSR count). The lowest BCUT2D eigenvalue weighted by atomic mass is 10.2. The van der Waals surface area contributed by atoms with Crippen molar-refractivity contribution in [3.8, 4) is 0 Å². The summed E-state index contributed by atoms with van der Waals surface area (Å²) in [5.74, 6) is -1.32. The molecule has 0 amide bonds. The van der Waals surface area contributed by atoms with Gasteiger partial charge in [-0.15, -0.1) is 0 Å². The van der Waals surface area contributed by atoms with E-state index >= 15 is 0 Å². The van der Waals surface area contributed by atoms with Crippen molar-refractivity contribution in [2.45, 2.75) is 26.1 Å². The largest absolute Gasteiger partial charge is 0.477 e. The Hall–Kier alpha value is -1.51. The maximum atomic E-state index is 10.6. The number of benzene rings is 1. The van der Waals surface area contributed by atoms with E-state index in [1.54, 1.807) is 0 Å². The van der Waals surface area contributed by atoms with Crippen LogP contribution in [0.1, 0.15) is 24.2 Å². The van der Waals surface area contributed by atoms with E-state index < -0.39 is 16.6 Å². The van der Waals surface area contributed by atoms with Gasteiger partial charge in [0.25, 0.3) is 5.69 Å². The standard InChI is InChI=1S/C7H4BrNO4.C7H16N2/c8-4-2-1-3-5(9(12)13)6(4)7(10)11;1-6-5-8(3)7(2)9(6)4/h1-3H,(H,10,11);6-7H,5H2,1-4H3. The summed E-state index contributed by atoms with van der Waals surface area (Å²) in [5.41, 5.74) is -0.741. The van der Waals surface area contributed by atoms with E-state index in [1.807, 2.05) is 0 Å². The van der Waals surface area contributed by atoms with Crippen molar-refractivity contribution in [2.24, 2.45) is 0 Å². The number of hydrogen-bond donors (Lipinski definition) is 1. The van der Waals surface area contributed by atoms with E-state index in [-0.39, 0.29) is 10.0 Å². The van der Waals surface area contributed by atoms with Gasteiger partial charge in [-0.3, -0.25) is 19.9 Å². The van der Waals surface area contributed by atoms with Gasteiger partial charge in [-0.25, -0.2) is 4.79 Å². The molecule has 2 unspecified atom stereocenters. The van der Waals surface area contributed by atoms with Gasteiger partial charge in [0.15, 0.2) is 5.56 Å². The van der Waals surface area contributed by atoms with Gasteiger partial charge in [-0.1, -0.05) is 6.07 Å². The second-order valence-corrected chi connectivity index (χ2v) is 6.14. The van der Waals surface area contributed by atoms with Crippen LogP contribution < -0.4 is 0 Å². The highest BCUT2D eigenvalue weighted by atomic mass is 79.9. The summed E-state index contributed by atoms with van der Waals surface area (Å²) >= 11 is 2.93. The van der Waals surface area contributed by atoms with Crippen LogP contribution in [0, 0.1) is 10.1 Å². The highest BCUT2D eigenvalue weighted by molar-refractivity contribution is 9.10. The number of carbonyl (C=O) groups is 1. The Morgan fingerprint density at radius 2 is 2.00 bits per heavy atom. The van der Waals surface area contributed by atoms with Gasteiger partial charge >= 0.3 is 5.97 Å². The van der Waals surface area contributed by atoms with Crippen LogP contribution in [0.4, 0.5) is 5.69 Å². The number of carboxylic acid groups (broad SMARTS) is 1. The number of nitro groups is 1. The van der Waals surface area contributed by atoms with E-state index in [9.17, 15) is 14.9 Å². The van der Waals surface area contributed by atoms with Crippen LogP contribution in [-0.4, -0.2) is 58.6 Å². The number of carboxylic acids is 1. The summed E-state index contributed by atoms with van der Waals surface area (Å²) in [6.45, 7) is 5.71. The van der Waals surface area contributed by atoms with Gasteiger partial charge < -0.3 is 5.11 Å². The summed E-state index contributed by atoms with van der Waals surface area (Å²) in [7, 11) is 4.35. The maximum Gasteiger partial charge on any atom is 0.343 e. The summed E-state index contributed by atoms with van der Waals surface area (Å²) in [6, 6.07) is 4.73. The molecule has 1 aromatic rings. The first-order valence-electron chi connectivity index (χ1n) is 6.75. The van der Waals surface area contributed by atoms with Crippen LogP contribution in [0.15, 0.2) is 22.7 Å². The number of aromatic carboxylic acids is 1. The topological polar surface area (TPSA) is 86.9 Å². The first-order valence-corrected chi connectivity index (χ1v) is 7.54. The lowest BCUT2D eigenvalue weighted by molar-refractivity contribution is -0.385. The molecule has 1 saturated heterocycles. The van der Waals surface area contributed by atoms with Crippen molar-refractivity contribution in [1.82, 2.24) is 9.80 Å². The molecule has 1 fully saturated rings. The van der Waals surface area contributed by atoms with Gasteiger partial charge in [-0.2, -0.15) is 0 Å². The molecule has 1 heterocycles. The zero-order valence-electron chi connectivity index (χ0n) is 13.0. The molecule has 1 aliphatic heterocycles. The fourth-order valence-corrected chi connectivity index (χ4v) is 2.78. The van der Waals surface area contributed by atoms with Crippen molar-refractivity contribution in [1.29, 1.82) is 0 Å². The molecule has 0 aliphatic carbocycles. The minimum absolute atomic E-state index is 0.203. The highest BCUT2D eigenvalue weighted by Gasteiger charge is 2.27. The quantitative estimate of drug-likeness (QED) is 0.633. The third kappa shape index (κ3) is 4.25. The molecule has 2 atom stereocenters. The summed E-state index contributed by atoms with van der Waals surface area (Å²) < 4.78 is 0.203. The third-order valence-electron chi connectivity index (χ3n) is 3.88. The van der Waals surface area contributed by atoms with E-state index in [4.69, 9.17) is 5.11 Å². The van der Waals surface area contributed by atoms with Crippen LogP contribution in [0.25, 0.3) is 0 Å². The predicted octanol–water partition coefficient (Wildman–Crippen LogP) is 2.65. The molecule has 0 radical (unpaired) electrons. The molecule has 1 N–H and O–H groups in total. The molecule has 0 spiro atoms. The Kier molecular flexibility index (Phi) is 6.46. The van der Waals surface area contributed by atoms with Gasteiger partial charge in [-0.05, 0) is 49.9 Å². The zero-order chi connectivity index (χ0) is 17.0. The molecule has 1 aromatic carbocycles. The molecule has 8 heteroatoms. The molecular weight excluding hydrogens is 354 g/mol. The van der Waals surface area contributed by atoms with Crippen LogP contribution in [0.2, 0.25) is 0 Å². The number of nitro benzene ring substituents is 1. The first kappa shape index (κ1) is 18.5. The Morgan fingerprint density at radius 1 is 1.41 bits per heavy atom. The van der Waals surface area contributed by atoms with Crippen LogP contribution in [0.5, 0.6) is 0 Å². The average molecular weight is 374 g/mol. The molecular formula is C14H20BrN3O4. The normalized spacial score (nSPS) is 22.0. The lowest BCUT2D eigenvalue weighted by Gasteiger charge is -2.21. The van der Waals surface area contributed by atoms with Gasteiger partial charge in [0.2, 0.25) is 0 Å². The number of nitrogens with zero attached hydrogens (tertiary/aromatic N) is 3. The molecule has 7 nitrogen and oxygen atoms in total. The van der Waals surface area contributed by atoms with Gasteiger partial charge in [0.05, 0.1) is 11.1 Å². The minimum Gasteiger partial charge on any atom is -0.477 e. The second kappa shape index (κ2) is 7.66. The van der Waals surface area contributed by atoms with E-state index in [0.29, 0.717) is 6.17 Å². The maximum absolute atomic E-state index is 10.6. The van der Waals surface area contributed by atoms with E-state index in [2.05, 4.69) is 53.7 Å². The highest BCUT2D eigenvalue weighted by Crippen LogP contribution is 2.26. The van der Waals surface area contributed by atoms with E-state index in [1.165, 1.54) is 18.7 Å². The minimum atomic E-state index is -1.32. The van der Waals surface area contributed by atoms with Crippen molar-refractivity contribution in [3.05, 3.63) is 38.3 Å². The van der Waals surface area contributed by atoms with Gasteiger partial charge in [0.1, 0.15) is 0 Å². The SMILES string of the molecule is CC1CN(C)C(C)N1C.O=C(O)c1c(Br)cccc1[N+](=O)[O-]. The molecule has 22 heavy (non-hydrogen) atoms. The summed E-state index contributed by atoms with van der Waals surface area (Å²) in [5, 5.41) is 19.1. The molecule has 0 bridgehead atoms. The first-order chi connectivity index (χ1) is 10.2. The van der Waals surface area contributed by atoms with Gasteiger partial charge in [0, 0.05) is 23.1 Å². The second-order valence-electron chi connectivity index (χ2n) is 5.28. The van der Waals surface area contributed by atoms with E-state index in [0.717, 1.165) is 12.1 Å². The van der Waals surface area contributed by atoms with Crippen molar-refractivity contribution in [3.63, 3.8) is 0 Å². The summed E-state index contributed by atoms with van der Waals surface area (Å²) in [4.78, 5) is 25.0. The van der Waals surface area contributed by atoms with Crippen molar-refractivity contribution < 1.29 is 14.8 Å². The summed E-state index contributed by atoms with van der Waals surface area (Å²) in [6.07, 6.45) is 0.625. The molecule has 0 aromatic heterocycles. The average Bonchev–Trinajstić information content (AvgIpc) is 2.65. The fraction of sp³-hybridized carbons (Fsp3) is 0.500. The van der Waals surface area contributed by atoms with Crippen LogP contribution in [0.3, 0.4) is 0 Å². The van der Waals surface area contributed by atoms with Crippen molar-refractivity contribution >= 4 is 27.6 Å². The van der Waals surface area contributed by atoms with Crippen molar-refractivity contribution in [2.75, 3.05) is 20.6 Å². The monoisotopic (exact) mass is 373 g/mol. The van der Waals surface area contributed by atoms with Crippen LogP contribution in [-0.2, 0) is 0 Å². The fourth-order valence-electron chi connectivity index (χ4n) is 2.25. The number of hydrogen-bond acceptors (Lipinski definition) is 5. The third-order valence-corrected chi connectivity index (χ3v) is 4.54. The number of halogens is 1. The molecule has 1 aliphatic rings. The predicted molar refractivity (Wildman–Crippen MR) is 87.1 cm³/mol. The lowest BCUT2D eigenvalue weighted by Crippen LogP contribution is -2.32.